The van der Waals surface area contributed by atoms with Gasteiger partial charge >= 0.3 is 0 Å². The fraction of sp³-hybridized carbons (Fsp3) is 0. The number of pyridine rings is 1. The molecular formula is C23H15N7O3. The molecule has 5 aromatic rings. The molecule has 0 spiro atoms. The molecule has 10 nitrogen and oxygen atoms in total. The lowest BCUT2D eigenvalue weighted by atomic mass is 10.1. The molecule has 0 fully saturated rings. The van der Waals surface area contributed by atoms with Crippen LogP contribution in [0.2, 0.25) is 0 Å². The van der Waals surface area contributed by atoms with Crippen molar-refractivity contribution in [3.8, 4) is 22.6 Å². The van der Waals surface area contributed by atoms with E-state index in [0.717, 1.165) is 11.1 Å². The van der Waals surface area contributed by atoms with Gasteiger partial charge in [-0.05, 0) is 42.5 Å². The van der Waals surface area contributed by atoms with Gasteiger partial charge in [-0.3, -0.25) is 19.9 Å². The number of carbonyl (C=O) groups excluding carboxylic acids is 1. The summed E-state index contributed by atoms with van der Waals surface area (Å²) in [5.41, 5.74) is 3.37. The smallest absolute Gasteiger partial charge is 0.270 e. The number of anilines is 1. The lowest BCUT2D eigenvalue weighted by Crippen LogP contribution is -2.12. The largest absolute Gasteiger partial charge is 0.322 e. The molecule has 1 N–H and O–H groups in total. The summed E-state index contributed by atoms with van der Waals surface area (Å²) in [6.07, 6.45) is 3.37. The maximum absolute atomic E-state index is 12.6. The van der Waals surface area contributed by atoms with Crippen molar-refractivity contribution in [1.82, 2.24) is 24.8 Å². The van der Waals surface area contributed by atoms with Gasteiger partial charge < -0.3 is 5.32 Å². The Hall–Kier alpha value is -4.99. The number of fused-ring (bicyclic) bond motifs is 1. The Morgan fingerprint density at radius 2 is 1.79 bits per heavy atom. The number of benzene rings is 2. The predicted octanol–water partition coefficient (Wildman–Crippen LogP) is 4.01. The highest BCUT2D eigenvalue weighted by Crippen LogP contribution is 2.24. The van der Waals surface area contributed by atoms with Gasteiger partial charge in [-0.15, -0.1) is 10.2 Å². The van der Waals surface area contributed by atoms with Crippen LogP contribution in [0.4, 0.5) is 11.4 Å². The Labute approximate surface area is 186 Å². The van der Waals surface area contributed by atoms with Gasteiger partial charge in [-0.2, -0.15) is 9.61 Å². The second kappa shape index (κ2) is 8.27. The summed E-state index contributed by atoms with van der Waals surface area (Å²) in [5, 5.41) is 26.8. The first kappa shape index (κ1) is 19.9. The summed E-state index contributed by atoms with van der Waals surface area (Å²) in [7, 11) is 0. The van der Waals surface area contributed by atoms with E-state index in [1.54, 1.807) is 35.1 Å². The lowest BCUT2D eigenvalue weighted by Gasteiger charge is -2.08. The molecule has 33 heavy (non-hydrogen) atoms. The van der Waals surface area contributed by atoms with Crippen molar-refractivity contribution in [3.63, 3.8) is 0 Å². The van der Waals surface area contributed by atoms with Crippen LogP contribution in [-0.4, -0.2) is 35.6 Å². The van der Waals surface area contributed by atoms with Crippen LogP contribution in [0.5, 0.6) is 0 Å². The minimum Gasteiger partial charge on any atom is -0.322 e. The Morgan fingerprint density at radius 1 is 0.939 bits per heavy atom. The van der Waals surface area contributed by atoms with E-state index in [1.807, 2.05) is 30.3 Å². The maximum atomic E-state index is 12.6. The number of hydrogen-bond acceptors (Lipinski definition) is 7. The van der Waals surface area contributed by atoms with E-state index in [9.17, 15) is 14.9 Å². The highest BCUT2D eigenvalue weighted by atomic mass is 16.6. The molecule has 3 heterocycles. The Balaban J connectivity index is 1.45. The van der Waals surface area contributed by atoms with Crippen LogP contribution >= 0.6 is 0 Å². The van der Waals surface area contributed by atoms with E-state index in [4.69, 9.17) is 0 Å². The summed E-state index contributed by atoms with van der Waals surface area (Å²) >= 11 is 0. The average molecular weight is 437 g/mol. The van der Waals surface area contributed by atoms with E-state index in [2.05, 4.69) is 25.6 Å². The van der Waals surface area contributed by atoms with E-state index in [1.165, 1.54) is 24.3 Å². The first-order valence-electron chi connectivity index (χ1n) is 9.87. The highest BCUT2D eigenvalue weighted by molar-refractivity contribution is 6.04. The quantitative estimate of drug-likeness (QED) is 0.325. The minimum absolute atomic E-state index is 0.146. The van der Waals surface area contributed by atoms with Crippen molar-refractivity contribution in [2.24, 2.45) is 0 Å². The van der Waals surface area contributed by atoms with Crippen LogP contribution in [0.1, 0.15) is 10.4 Å². The summed E-state index contributed by atoms with van der Waals surface area (Å²) in [5.74, 6) is 0.118. The average Bonchev–Trinajstić information content (AvgIpc) is 3.28. The molecule has 0 aliphatic rings. The van der Waals surface area contributed by atoms with Crippen molar-refractivity contribution in [2.75, 3.05) is 5.32 Å². The zero-order valence-electron chi connectivity index (χ0n) is 17.0. The molecule has 0 atom stereocenters. The van der Waals surface area contributed by atoms with Gasteiger partial charge in [0.05, 0.1) is 10.6 Å². The van der Waals surface area contributed by atoms with Gasteiger partial charge in [0, 0.05) is 46.9 Å². The molecule has 5 rings (SSSR count). The number of nitro groups is 1. The van der Waals surface area contributed by atoms with Gasteiger partial charge in [0.1, 0.15) is 0 Å². The molecule has 0 saturated heterocycles. The maximum Gasteiger partial charge on any atom is 0.270 e. The topological polar surface area (TPSA) is 128 Å². The molecule has 1 amide bonds. The summed E-state index contributed by atoms with van der Waals surface area (Å²) in [6, 6.07) is 20.1. The van der Waals surface area contributed by atoms with E-state index in [0.29, 0.717) is 22.9 Å². The molecule has 0 bridgehead atoms. The van der Waals surface area contributed by atoms with Crippen molar-refractivity contribution < 1.29 is 9.72 Å². The lowest BCUT2D eigenvalue weighted by molar-refractivity contribution is -0.384. The number of non-ortho nitro benzene ring substituents is 1. The van der Waals surface area contributed by atoms with E-state index in [-0.39, 0.29) is 11.3 Å². The Kier molecular flexibility index (Phi) is 5.00. The minimum atomic E-state index is -0.538. The SMILES string of the molecule is O=C(Nc1cccc(-c2ccc3nnc(-c4cccnc4)n3n2)c1)c1cccc([N+](=O)[O-])c1. The highest BCUT2D eigenvalue weighted by Gasteiger charge is 2.13. The molecular weight excluding hydrogens is 422 g/mol. The Morgan fingerprint density at radius 3 is 2.61 bits per heavy atom. The van der Waals surface area contributed by atoms with Crippen molar-refractivity contribution in [2.45, 2.75) is 0 Å². The van der Waals surface area contributed by atoms with Crippen LogP contribution in [0.25, 0.3) is 28.3 Å². The van der Waals surface area contributed by atoms with Gasteiger partial charge in [-0.1, -0.05) is 18.2 Å². The number of amides is 1. The summed E-state index contributed by atoms with van der Waals surface area (Å²) in [4.78, 5) is 27.2. The molecule has 160 valence electrons. The van der Waals surface area contributed by atoms with Crippen molar-refractivity contribution in [3.05, 3.63) is 101 Å². The zero-order valence-corrected chi connectivity index (χ0v) is 17.0. The van der Waals surface area contributed by atoms with Crippen LogP contribution in [0, 0.1) is 10.1 Å². The number of hydrogen-bond donors (Lipinski definition) is 1. The summed E-state index contributed by atoms with van der Waals surface area (Å²) < 4.78 is 1.64. The number of rotatable bonds is 5. The third kappa shape index (κ3) is 4.00. The van der Waals surface area contributed by atoms with Gasteiger partial charge in [-0.25, -0.2) is 0 Å². The standard InChI is InChI=1S/C23H15N7O3/c31-23(16-5-2-8-19(13-16)30(32)33)25-18-7-1-4-15(12-18)20-9-10-21-26-27-22(29(21)28-20)17-6-3-11-24-14-17/h1-14H,(H,25,31). The first-order chi connectivity index (χ1) is 16.1. The molecule has 0 radical (unpaired) electrons. The molecule has 0 saturated carbocycles. The van der Waals surface area contributed by atoms with Gasteiger partial charge in [0.25, 0.3) is 11.6 Å². The van der Waals surface area contributed by atoms with Crippen LogP contribution in [0.3, 0.4) is 0 Å². The second-order valence-electron chi connectivity index (χ2n) is 7.10. The van der Waals surface area contributed by atoms with E-state index >= 15 is 0 Å². The molecule has 2 aromatic carbocycles. The monoisotopic (exact) mass is 437 g/mol. The predicted molar refractivity (Wildman–Crippen MR) is 120 cm³/mol. The third-order valence-corrected chi connectivity index (χ3v) is 4.92. The molecule has 0 unspecified atom stereocenters. The zero-order chi connectivity index (χ0) is 22.8. The van der Waals surface area contributed by atoms with Gasteiger partial charge in [0.2, 0.25) is 0 Å². The van der Waals surface area contributed by atoms with Crippen LogP contribution in [0.15, 0.2) is 85.2 Å². The second-order valence-corrected chi connectivity index (χ2v) is 7.10. The third-order valence-electron chi connectivity index (χ3n) is 4.92. The van der Waals surface area contributed by atoms with Gasteiger partial charge in [0.15, 0.2) is 11.5 Å². The molecule has 3 aromatic heterocycles. The summed E-state index contributed by atoms with van der Waals surface area (Å²) in [6.45, 7) is 0. The normalized spacial score (nSPS) is 10.8. The van der Waals surface area contributed by atoms with E-state index < -0.39 is 10.8 Å². The molecule has 10 heteroatoms. The fourth-order valence-corrected chi connectivity index (χ4v) is 3.34. The number of aromatic nitrogens is 5. The number of nitro benzene ring substituents is 1. The number of carbonyl (C=O) groups is 1. The van der Waals surface area contributed by atoms with Crippen molar-refractivity contribution in [1.29, 1.82) is 0 Å². The number of nitrogens with zero attached hydrogens (tertiary/aromatic N) is 6. The Bertz CT molecular complexity index is 1500. The molecule has 0 aliphatic carbocycles. The number of nitrogens with one attached hydrogen (secondary N) is 1. The fourth-order valence-electron chi connectivity index (χ4n) is 3.34. The molecule has 0 aliphatic heterocycles. The van der Waals surface area contributed by atoms with Crippen LogP contribution in [-0.2, 0) is 0 Å². The van der Waals surface area contributed by atoms with Crippen molar-refractivity contribution >= 4 is 22.9 Å². The van der Waals surface area contributed by atoms with Crippen LogP contribution < -0.4 is 5.32 Å². The first-order valence-corrected chi connectivity index (χ1v) is 9.87.